The minimum Gasteiger partial charge on any atom is -0.397 e. The normalized spacial score (nSPS) is 17.0. The van der Waals surface area contributed by atoms with Crippen molar-refractivity contribution in [2.45, 2.75) is 49.2 Å². The van der Waals surface area contributed by atoms with Crippen molar-refractivity contribution in [3.05, 3.63) is 95.1 Å². The van der Waals surface area contributed by atoms with Gasteiger partial charge in [0.15, 0.2) is 0 Å². The molecule has 2 amide bonds. The fourth-order valence-electron chi connectivity index (χ4n) is 5.46. The summed E-state index contributed by atoms with van der Waals surface area (Å²) in [4.78, 5) is 16.8. The number of amides is 2. The molecule has 5 nitrogen and oxygen atoms in total. The van der Waals surface area contributed by atoms with E-state index in [0.29, 0.717) is 43.1 Å². The van der Waals surface area contributed by atoms with Crippen molar-refractivity contribution < 1.29 is 22.4 Å². The molecule has 1 aliphatic carbocycles. The van der Waals surface area contributed by atoms with Gasteiger partial charge in [0.25, 0.3) is 0 Å². The SMILES string of the molecule is NC(=O)NC1(C(Cc2ccccc2)(c2cc(F)cc(C(F)(F)F)c2)c2ccc(N)cn2)CCCC1. The molecule has 1 unspecified atom stereocenters. The summed E-state index contributed by atoms with van der Waals surface area (Å²) < 4.78 is 56.3. The van der Waals surface area contributed by atoms with E-state index in [1.807, 2.05) is 30.3 Å². The van der Waals surface area contributed by atoms with E-state index in [9.17, 15) is 22.4 Å². The quantitative estimate of drug-likeness (QED) is 0.411. The Morgan fingerprint density at radius 1 is 1.00 bits per heavy atom. The van der Waals surface area contributed by atoms with Crippen LogP contribution in [0.25, 0.3) is 0 Å². The minimum atomic E-state index is -4.77. The average Bonchev–Trinajstić information content (AvgIpc) is 3.27. The van der Waals surface area contributed by atoms with E-state index in [1.165, 1.54) is 6.20 Å². The zero-order valence-corrected chi connectivity index (χ0v) is 18.9. The number of primary amides is 1. The number of pyridine rings is 1. The monoisotopic (exact) mass is 486 g/mol. The lowest BCUT2D eigenvalue weighted by Gasteiger charge is -2.49. The lowest BCUT2D eigenvalue weighted by molar-refractivity contribution is -0.137. The molecule has 0 spiro atoms. The standard InChI is InChI=1S/C26H26F4N4O/c27-20-13-18(12-19(14-20)26(28,29)30)25(15-17-6-2-1-3-7-17,22-9-8-21(31)16-33-22)24(34-23(32)35)10-4-5-11-24/h1-3,6-9,12-14,16H,4-5,10-11,15,31H2,(H3,32,34,35). The Bertz CT molecular complexity index is 1190. The van der Waals surface area contributed by atoms with Crippen LogP contribution < -0.4 is 16.8 Å². The molecule has 3 aromatic rings. The first kappa shape index (κ1) is 24.5. The van der Waals surface area contributed by atoms with E-state index < -0.39 is 34.5 Å². The Morgan fingerprint density at radius 2 is 1.66 bits per heavy atom. The number of nitrogen functional groups attached to an aromatic ring is 1. The fraction of sp³-hybridized carbons (Fsp3) is 0.308. The van der Waals surface area contributed by atoms with Gasteiger partial charge < -0.3 is 16.8 Å². The lowest BCUT2D eigenvalue weighted by Crippen LogP contribution is -2.63. The zero-order chi connectivity index (χ0) is 25.3. The van der Waals surface area contributed by atoms with Crippen LogP contribution in [0.3, 0.4) is 0 Å². The number of carbonyl (C=O) groups is 1. The van der Waals surface area contributed by atoms with E-state index in [4.69, 9.17) is 11.5 Å². The molecule has 1 fully saturated rings. The van der Waals surface area contributed by atoms with Gasteiger partial charge in [-0.1, -0.05) is 43.2 Å². The van der Waals surface area contributed by atoms with Crippen LogP contribution in [0.2, 0.25) is 0 Å². The maximum absolute atomic E-state index is 14.8. The first-order valence-electron chi connectivity index (χ1n) is 11.3. The van der Waals surface area contributed by atoms with Gasteiger partial charge in [-0.05, 0) is 60.7 Å². The number of hydrogen-bond acceptors (Lipinski definition) is 3. The summed E-state index contributed by atoms with van der Waals surface area (Å²) in [5, 5.41) is 2.87. The second kappa shape index (κ2) is 9.20. The molecule has 1 saturated carbocycles. The maximum Gasteiger partial charge on any atom is 0.416 e. The molecule has 35 heavy (non-hydrogen) atoms. The van der Waals surface area contributed by atoms with Gasteiger partial charge in [0, 0.05) is 0 Å². The van der Waals surface area contributed by atoms with Gasteiger partial charge in [-0.15, -0.1) is 0 Å². The zero-order valence-electron chi connectivity index (χ0n) is 18.9. The second-order valence-corrected chi connectivity index (χ2v) is 9.05. The topological polar surface area (TPSA) is 94.0 Å². The number of halogens is 4. The number of nitrogens with one attached hydrogen (secondary N) is 1. The van der Waals surface area contributed by atoms with Crippen LogP contribution in [-0.4, -0.2) is 16.6 Å². The first-order chi connectivity index (χ1) is 16.6. The van der Waals surface area contributed by atoms with Crippen LogP contribution in [0, 0.1) is 5.82 Å². The number of alkyl halides is 3. The third kappa shape index (κ3) is 4.67. The van der Waals surface area contributed by atoms with Gasteiger partial charge >= 0.3 is 12.2 Å². The Kier molecular flexibility index (Phi) is 6.44. The molecule has 9 heteroatoms. The van der Waals surface area contributed by atoms with Crippen LogP contribution in [0.15, 0.2) is 66.9 Å². The third-order valence-electron chi connectivity index (χ3n) is 6.89. The molecule has 0 aliphatic heterocycles. The Hall–Kier alpha value is -3.62. The predicted molar refractivity (Wildman–Crippen MR) is 125 cm³/mol. The van der Waals surface area contributed by atoms with Crippen LogP contribution in [-0.2, 0) is 18.0 Å². The van der Waals surface area contributed by atoms with Crippen molar-refractivity contribution in [2.24, 2.45) is 5.73 Å². The smallest absolute Gasteiger partial charge is 0.397 e. The molecule has 0 bridgehead atoms. The van der Waals surface area contributed by atoms with Gasteiger partial charge in [0.2, 0.25) is 0 Å². The summed E-state index contributed by atoms with van der Waals surface area (Å²) in [6, 6.07) is 14.0. The second-order valence-electron chi connectivity index (χ2n) is 9.05. The van der Waals surface area contributed by atoms with Gasteiger partial charge in [-0.2, -0.15) is 13.2 Å². The molecule has 0 radical (unpaired) electrons. The fourth-order valence-corrected chi connectivity index (χ4v) is 5.46. The number of hydrogen-bond donors (Lipinski definition) is 3. The summed E-state index contributed by atoms with van der Waals surface area (Å²) in [6.07, 6.45) is -0.971. The van der Waals surface area contributed by atoms with Crippen molar-refractivity contribution >= 4 is 11.7 Å². The maximum atomic E-state index is 14.8. The van der Waals surface area contributed by atoms with Crippen molar-refractivity contribution in [3.63, 3.8) is 0 Å². The van der Waals surface area contributed by atoms with Crippen LogP contribution in [0.1, 0.15) is 48.1 Å². The summed E-state index contributed by atoms with van der Waals surface area (Å²) in [6.45, 7) is 0. The summed E-state index contributed by atoms with van der Waals surface area (Å²) in [5.41, 5.74) is 9.43. The number of anilines is 1. The first-order valence-corrected chi connectivity index (χ1v) is 11.3. The van der Waals surface area contributed by atoms with Crippen LogP contribution >= 0.6 is 0 Å². The predicted octanol–water partition coefficient (Wildman–Crippen LogP) is 5.33. The Labute approximate surface area is 200 Å². The highest BCUT2D eigenvalue weighted by molar-refractivity contribution is 5.73. The van der Waals surface area contributed by atoms with Crippen LogP contribution in [0.4, 0.5) is 28.0 Å². The third-order valence-corrected chi connectivity index (χ3v) is 6.89. The van der Waals surface area contributed by atoms with Gasteiger partial charge in [-0.25, -0.2) is 9.18 Å². The summed E-state index contributed by atoms with van der Waals surface area (Å²) in [5.74, 6) is -1.03. The van der Waals surface area contributed by atoms with Crippen LogP contribution in [0.5, 0.6) is 0 Å². The summed E-state index contributed by atoms with van der Waals surface area (Å²) in [7, 11) is 0. The van der Waals surface area contributed by atoms with Gasteiger partial charge in [0.1, 0.15) is 5.82 Å². The molecule has 1 atom stereocenters. The Morgan fingerprint density at radius 3 is 2.23 bits per heavy atom. The highest BCUT2D eigenvalue weighted by Crippen LogP contribution is 2.52. The van der Waals surface area contributed by atoms with E-state index in [0.717, 1.165) is 17.7 Å². The van der Waals surface area contributed by atoms with Crippen molar-refractivity contribution in [1.82, 2.24) is 10.3 Å². The number of urea groups is 1. The number of benzene rings is 2. The molecule has 5 N–H and O–H groups in total. The van der Waals surface area contributed by atoms with Gasteiger partial charge in [0.05, 0.1) is 34.1 Å². The number of rotatable bonds is 6. The Balaban J connectivity index is 2.11. The van der Waals surface area contributed by atoms with E-state index in [2.05, 4.69) is 10.3 Å². The van der Waals surface area contributed by atoms with Crippen molar-refractivity contribution in [2.75, 3.05) is 5.73 Å². The number of nitrogens with zero attached hydrogens (tertiary/aromatic N) is 1. The van der Waals surface area contributed by atoms with Crippen molar-refractivity contribution in [3.8, 4) is 0 Å². The van der Waals surface area contributed by atoms with Crippen molar-refractivity contribution in [1.29, 1.82) is 0 Å². The average molecular weight is 487 g/mol. The molecular weight excluding hydrogens is 460 g/mol. The molecule has 0 saturated heterocycles. The largest absolute Gasteiger partial charge is 0.416 e. The van der Waals surface area contributed by atoms with Gasteiger partial charge in [-0.3, -0.25) is 4.98 Å². The highest BCUT2D eigenvalue weighted by Gasteiger charge is 2.56. The number of carbonyl (C=O) groups excluding carboxylic acids is 1. The number of aromatic nitrogens is 1. The minimum absolute atomic E-state index is 0.0570. The van der Waals surface area contributed by atoms with E-state index in [-0.39, 0.29) is 12.0 Å². The number of nitrogens with two attached hydrogens (primary N) is 2. The molecule has 4 rings (SSSR count). The highest BCUT2D eigenvalue weighted by atomic mass is 19.4. The lowest BCUT2D eigenvalue weighted by atomic mass is 9.59. The molecule has 1 aromatic heterocycles. The van der Waals surface area contributed by atoms with E-state index in [1.54, 1.807) is 12.1 Å². The molecular formula is C26H26F4N4O. The molecule has 1 heterocycles. The van der Waals surface area contributed by atoms with E-state index >= 15 is 0 Å². The summed E-state index contributed by atoms with van der Waals surface area (Å²) >= 11 is 0. The molecule has 1 aliphatic rings. The molecule has 2 aromatic carbocycles. The molecule has 184 valence electrons.